The third-order valence-corrected chi connectivity index (χ3v) is 2.98. The third-order valence-electron chi connectivity index (χ3n) is 2.98. The lowest BCUT2D eigenvalue weighted by molar-refractivity contribution is 0.328. The first-order valence-corrected chi connectivity index (χ1v) is 6.78. The third kappa shape index (κ3) is 2.76. The number of hydrogen-bond donors (Lipinski definition) is 0. The highest BCUT2D eigenvalue weighted by Crippen LogP contribution is 2.29. The van der Waals surface area contributed by atoms with Crippen molar-refractivity contribution in [1.82, 2.24) is 15.1 Å². The van der Waals surface area contributed by atoms with Crippen molar-refractivity contribution in [1.29, 1.82) is 0 Å². The van der Waals surface area contributed by atoms with Crippen molar-refractivity contribution in [3.05, 3.63) is 48.4 Å². The number of aryl methyl sites for hydroxylation is 1. The standard InChI is InChI=1S/C16H15N3O2/c1-3-20-16-13(15-17-11(2)21-19-15)9-10-14(18-16)12-7-5-4-6-8-12/h4-10H,3H2,1-2H3. The molecule has 2 aromatic heterocycles. The highest BCUT2D eigenvalue weighted by molar-refractivity contribution is 5.67. The lowest BCUT2D eigenvalue weighted by Crippen LogP contribution is -1.99. The van der Waals surface area contributed by atoms with Gasteiger partial charge in [-0.05, 0) is 19.1 Å². The van der Waals surface area contributed by atoms with Gasteiger partial charge >= 0.3 is 0 Å². The summed E-state index contributed by atoms with van der Waals surface area (Å²) in [6, 6.07) is 13.8. The summed E-state index contributed by atoms with van der Waals surface area (Å²) in [6.07, 6.45) is 0. The van der Waals surface area contributed by atoms with E-state index >= 15 is 0 Å². The maximum absolute atomic E-state index is 5.63. The van der Waals surface area contributed by atoms with Gasteiger partial charge in [-0.15, -0.1) is 0 Å². The summed E-state index contributed by atoms with van der Waals surface area (Å²) in [4.78, 5) is 8.80. The van der Waals surface area contributed by atoms with Gasteiger partial charge < -0.3 is 9.26 Å². The number of ether oxygens (including phenoxy) is 1. The molecule has 5 heteroatoms. The van der Waals surface area contributed by atoms with Crippen LogP contribution in [0.1, 0.15) is 12.8 Å². The zero-order chi connectivity index (χ0) is 14.7. The first-order valence-electron chi connectivity index (χ1n) is 6.78. The zero-order valence-electron chi connectivity index (χ0n) is 11.9. The van der Waals surface area contributed by atoms with Gasteiger partial charge in [0.25, 0.3) is 0 Å². The van der Waals surface area contributed by atoms with Crippen LogP contribution in [0.2, 0.25) is 0 Å². The van der Waals surface area contributed by atoms with Gasteiger partial charge in [-0.1, -0.05) is 35.5 Å². The molecule has 0 aliphatic carbocycles. The monoisotopic (exact) mass is 281 g/mol. The van der Waals surface area contributed by atoms with Gasteiger partial charge in [-0.2, -0.15) is 4.98 Å². The molecule has 0 saturated heterocycles. The van der Waals surface area contributed by atoms with Gasteiger partial charge in [-0.3, -0.25) is 0 Å². The average molecular weight is 281 g/mol. The first-order chi connectivity index (χ1) is 10.3. The molecule has 0 aliphatic heterocycles. The van der Waals surface area contributed by atoms with Gasteiger partial charge in [0.15, 0.2) is 0 Å². The lowest BCUT2D eigenvalue weighted by Gasteiger charge is -2.09. The number of nitrogens with zero attached hydrogens (tertiary/aromatic N) is 3. The van der Waals surface area contributed by atoms with Crippen molar-refractivity contribution in [2.75, 3.05) is 6.61 Å². The molecule has 0 fully saturated rings. The van der Waals surface area contributed by atoms with Crippen LogP contribution in [0.15, 0.2) is 47.0 Å². The van der Waals surface area contributed by atoms with E-state index in [1.165, 1.54) is 0 Å². The van der Waals surface area contributed by atoms with E-state index in [0.717, 1.165) is 16.8 Å². The Hall–Kier alpha value is -2.69. The molecule has 2 heterocycles. The predicted molar refractivity (Wildman–Crippen MR) is 78.9 cm³/mol. The Kier molecular flexibility index (Phi) is 3.64. The number of rotatable bonds is 4. The minimum atomic E-state index is 0.489. The Morgan fingerprint density at radius 2 is 1.86 bits per heavy atom. The van der Waals surface area contributed by atoms with Crippen molar-refractivity contribution >= 4 is 0 Å². The molecule has 3 aromatic rings. The maximum Gasteiger partial charge on any atom is 0.225 e. The molecular formula is C16H15N3O2. The fourth-order valence-electron chi connectivity index (χ4n) is 2.04. The van der Waals surface area contributed by atoms with Crippen molar-refractivity contribution in [3.8, 4) is 28.5 Å². The van der Waals surface area contributed by atoms with Crippen LogP contribution in [-0.2, 0) is 0 Å². The Morgan fingerprint density at radius 3 is 2.52 bits per heavy atom. The lowest BCUT2D eigenvalue weighted by atomic mass is 10.1. The number of pyridine rings is 1. The van der Waals surface area contributed by atoms with E-state index in [2.05, 4.69) is 15.1 Å². The molecule has 3 rings (SSSR count). The van der Waals surface area contributed by atoms with E-state index in [1.54, 1.807) is 6.92 Å². The molecular weight excluding hydrogens is 266 g/mol. The Bertz CT molecular complexity index is 738. The molecule has 21 heavy (non-hydrogen) atoms. The molecule has 0 spiro atoms. The highest BCUT2D eigenvalue weighted by Gasteiger charge is 2.15. The van der Waals surface area contributed by atoms with Crippen LogP contribution in [0, 0.1) is 6.92 Å². The number of benzene rings is 1. The second-order valence-electron chi connectivity index (χ2n) is 4.49. The summed E-state index contributed by atoms with van der Waals surface area (Å²) in [7, 11) is 0. The Labute approximate surface area is 122 Å². The van der Waals surface area contributed by atoms with E-state index in [1.807, 2.05) is 49.4 Å². The van der Waals surface area contributed by atoms with Crippen molar-refractivity contribution in [2.24, 2.45) is 0 Å². The van der Waals surface area contributed by atoms with Gasteiger partial charge in [0.05, 0.1) is 17.9 Å². The Morgan fingerprint density at radius 1 is 1.05 bits per heavy atom. The van der Waals surface area contributed by atoms with E-state index in [9.17, 15) is 0 Å². The molecule has 0 saturated carbocycles. The van der Waals surface area contributed by atoms with Crippen LogP contribution in [0.4, 0.5) is 0 Å². The fraction of sp³-hybridized carbons (Fsp3) is 0.188. The SMILES string of the molecule is CCOc1nc(-c2ccccc2)ccc1-c1noc(C)n1. The quantitative estimate of drug-likeness (QED) is 0.732. The minimum Gasteiger partial charge on any atom is -0.477 e. The summed E-state index contributed by atoms with van der Waals surface area (Å²) in [5.41, 5.74) is 2.62. The molecule has 0 bridgehead atoms. The maximum atomic E-state index is 5.63. The Balaban J connectivity index is 2.06. The summed E-state index contributed by atoms with van der Waals surface area (Å²) in [5.74, 6) is 1.52. The highest BCUT2D eigenvalue weighted by atomic mass is 16.5. The number of hydrogen-bond acceptors (Lipinski definition) is 5. The molecule has 106 valence electrons. The van der Waals surface area contributed by atoms with Crippen LogP contribution in [-0.4, -0.2) is 21.7 Å². The zero-order valence-corrected chi connectivity index (χ0v) is 11.9. The normalized spacial score (nSPS) is 10.6. The second kappa shape index (κ2) is 5.75. The summed E-state index contributed by atoms with van der Waals surface area (Å²) in [5, 5.41) is 3.93. The first kappa shape index (κ1) is 13.3. The van der Waals surface area contributed by atoms with Gasteiger partial charge in [0, 0.05) is 12.5 Å². The molecule has 5 nitrogen and oxygen atoms in total. The predicted octanol–water partition coefficient (Wildman–Crippen LogP) is 3.51. The molecule has 1 aromatic carbocycles. The molecule has 0 aliphatic rings. The van der Waals surface area contributed by atoms with Crippen LogP contribution in [0.3, 0.4) is 0 Å². The van der Waals surface area contributed by atoms with Gasteiger partial charge in [0.1, 0.15) is 0 Å². The topological polar surface area (TPSA) is 61.0 Å². The van der Waals surface area contributed by atoms with Crippen LogP contribution >= 0.6 is 0 Å². The minimum absolute atomic E-state index is 0.489. The van der Waals surface area contributed by atoms with E-state index < -0.39 is 0 Å². The molecule has 0 N–H and O–H groups in total. The van der Waals surface area contributed by atoms with Crippen molar-refractivity contribution in [3.63, 3.8) is 0 Å². The van der Waals surface area contributed by atoms with Gasteiger partial charge in [-0.25, -0.2) is 4.98 Å². The summed E-state index contributed by atoms with van der Waals surface area (Å²) >= 11 is 0. The number of aromatic nitrogens is 3. The molecule has 0 atom stereocenters. The van der Waals surface area contributed by atoms with Crippen LogP contribution < -0.4 is 4.74 Å². The van der Waals surface area contributed by atoms with Crippen molar-refractivity contribution < 1.29 is 9.26 Å². The largest absolute Gasteiger partial charge is 0.477 e. The molecule has 0 unspecified atom stereocenters. The average Bonchev–Trinajstić information content (AvgIpc) is 2.95. The second-order valence-corrected chi connectivity index (χ2v) is 4.49. The smallest absolute Gasteiger partial charge is 0.225 e. The van der Waals surface area contributed by atoms with Crippen molar-refractivity contribution in [2.45, 2.75) is 13.8 Å². The molecule has 0 amide bonds. The summed E-state index contributed by atoms with van der Waals surface area (Å²) < 4.78 is 10.7. The molecule has 0 radical (unpaired) electrons. The van der Waals surface area contributed by atoms with Crippen LogP contribution in [0.25, 0.3) is 22.6 Å². The fourth-order valence-corrected chi connectivity index (χ4v) is 2.04. The van der Waals surface area contributed by atoms with E-state index in [-0.39, 0.29) is 0 Å². The van der Waals surface area contributed by atoms with E-state index in [0.29, 0.717) is 24.2 Å². The van der Waals surface area contributed by atoms with E-state index in [4.69, 9.17) is 9.26 Å². The summed E-state index contributed by atoms with van der Waals surface area (Å²) in [6.45, 7) is 4.19. The van der Waals surface area contributed by atoms with Gasteiger partial charge in [0.2, 0.25) is 17.6 Å². The van der Waals surface area contributed by atoms with Crippen LogP contribution in [0.5, 0.6) is 5.88 Å².